The lowest BCUT2D eigenvalue weighted by atomic mass is 10.1. The summed E-state index contributed by atoms with van der Waals surface area (Å²) < 4.78 is 5.27. The van der Waals surface area contributed by atoms with Crippen LogP contribution >= 0.6 is 0 Å². The topological polar surface area (TPSA) is 46.6 Å². The van der Waals surface area contributed by atoms with E-state index in [1.807, 2.05) is 30.3 Å². The van der Waals surface area contributed by atoms with Gasteiger partial charge in [-0.25, -0.2) is 4.79 Å². The number of carbonyl (C=O) groups is 2. The Bertz CT molecular complexity index is 409. The van der Waals surface area contributed by atoms with Crippen molar-refractivity contribution >= 4 is 12.4 Å². The highest BCUT2D eigenvalue weighted by Gasteiger charge is 2.21. The molecule has 0 heterocycles. The van der Waals surface area contributed by atoms with E-state index in [-0.39, 0.29) is 6.54 Å². The molecule has 0 aliphatic carbocycles. The first-order chi connectivity index (χ1) is 8.92. The quantitative estimate of drug-likeness (QED) is 0.767. The smallest absolute Gasteiger partial charge is 0.410 e. The van der Waals surface area contributed by atoms with Gasteiger partial charge in [0.15, 0.2) is 0 Å². The highest BCUT2D eigenvalue weighted by molar-refractivity contribution is 5.71. The number of nitrogens with zero attached hydrogens (tertiary/aromatic N) is 1. The molecule has 0 atom stereocenters. The molecule has 0 saturated heterocycles. The standard InChI is InChI=1S/C15H21NO3/c1-15(2,3)19-14(18)16(11-12-17)10-9-13-7-5-4-6-8-13/h4-8,12H,9-11H2,1-3H3. The number of hydrogen-bond acceptors (Lipinski definition) is 3. The molecule has 0 aromatic heterocycles. The van der Waals surface area contributed by atoms with Gasteiger partial charge in [0.25, 0.3) is 0 Å². The Labute approximate surface area is 114 Å². The molecule has 104 valence electrons. The largest absolute Gasteiger partial charge is 0.444 e. The maximum atomic E-state index is 11.9. The van der Waals surface area contributed by atoms with Crippen molar-refractivity contribution in [1.82, 2.24) is 4.90 Å². The second-order valence-corrected chi connectivity index (χ2v) is 5.33. The Kier molecular flexibility index (Phi) is 5.55. The van der Waals surface area contributed by atoms with Crippen molar-refractivity contribution in [3.63, 3.8) is 0 Å². The van der Waals surface area contributed by atoms with Crippen LogP contribution in [0.2, 0.25) is 0 Å². The van der Waals surface area contributed by atoms with Crippen LogP contribution in [0.25, 0.3) is 0 Å². The molecule has 1 aromatic rings. The van der Waals surface area contributed by atoms with E-state index in [0.29, 0.717) is 13.0 Å². The van der Waals surface area contributed by atoms with Crippen molar-refractivity contribution in [2.45, 2.75) is 32.8 Å². The zero-order valence-corrected chi connectivity index (χ0v) is 11.8. The Hall–Kier alpha value is -1.84. The van der Waals surface area contributed by atoms with Gasteiger partial charge < -0.3 is 14.4 Å². The predicted octanol–water partition coefficient (Wildman–Crippen LogP) is 2.67. The molecule has 0 aliphatic heterocycles. The summed E-state index contributed by atoms with van der Waals surface area (Å²) in [6, 6.07) is 9.84. The van der Waals surface area contributed by atoms with Crippen LogP contribution in [-0.4, -0.2) is 36.0 Å². The first kappa shape index (κ1) is 15.2. The maximum Gasteiger partial charge on any atom is 0.410 e. The average molecular weight is 263 g/mol. The Balaban J connectivity index is 2.57. The molecule has 1 aromatic carbocycles. The lowest BCUT2D eigenvalue weighted by Crippen LogP contribution is -2.39. The lowest BCUT2D eigenvalue weighted by molar-refractivity contribution is -0.109. The monoisotopic (exact) mass is 263 g/mol. The summed E-state index contributed by atoms with van der Waals surface area (Å²) in [6.45, 7) is 5.95. The first-order valence-electron chi connectivity index (χ1n) is 6.38. The molecule has 0 radical (unpaired) electrons. The van der Waals surface area contributed by atoms with Crippen molar-refractivity contribution in [3.05, 3.63) is 35.9 Å². The molecule has 0 saturated carbocycles. The molecule has 4 heteroatoms. The lowest BCUT2D eigenvalue weighted by Gasteiger charge is -2.26. The van der Waals surface area contributed by atoms with E-state index in [1.54, 1.807) is 20.8 Å². The Morgan fingerprint density at radius 1 is 1.26 bits per heavy atom. The fourth-order valence-corrected chi connectivity index (χ4v) is 1.58. The van der Waals surface area contributed by atoms with Crippen LogP contribution in [0.15, 0.2) is 30.3 Å². The molecule has 1 rings (SSSR count). The van der Waals surface area contributed by atoms with Crippen molar-refractivity contribution in [3.8, 4) is 0 Å². The third-order valence-corrected chi connectivity index (χ3v) is 2.46. The van der Waals surface area contributed by atoms with Crippen LogP contribution in [0, 0.1) is 0 Å². The van der Waals surface area contributed by atoms with Crippen molar-refractivity contribution < 1.29 is 14.3 Å². The van der Waals surface area contributed by atoms with Gasteiger partial charge in [-0.1, -0.05) is 30.3 Å². The number of ether oxygens (including phenoxy) is 1. The molecule has 4 nitrogen and oxygen atoms in total. The van der Waals surface area contributed by atoms with Crippen molar-refractivity contribution in [2.75, 3.05) is 13.1 Å². The number of benzene rings is 1. The second-order valence-electron chi connectivity index (χ2n) is 5.33. The molecular formula is C15H21NO3. The van der Waals surface area contributed by atoms with Crippen LogP contribution < -0.4 is 0 Å². The number of hydrogen-bond donors (Lipinski definition) is 0. The average Bonchev–Trinajstić information content (AvgIpc) is 2.33. The summed E-state index contributed by atoms with van der Waals surface area (Å²) in [4.78, 5) is 24.0. The first-order valence-corrected chi connectivity index (χ1v) is 6.38. The summed E-state index contributed by atoms with van der Waals surface area (Å²) in [6.07, 6.45) is 0.971. The molecule has 0 unspecified atom stereocenters. The summed E-state index contributed by atoms with van der Waals surface area (Å²) in [5, 5.41) is 0. The van der Waals surface area contributed by atoms with Gasteiger partial charge in [0.2, 0.25) is 0 Å². The zero-order chi connectivity index (χ0) is 14.3. The molecule has 0 aliphatic rings. The number of carbonyl (C=O) groups excluding carboxylic acids is 2. The second kappa shape index (κ2) is 6.92. The van der Waals surface area contributed by atoms with Crippen LogP contribution in [0.4, 0.5) is 4.79 Å². The van der Waals surface area contributed by atoms with E-state index in [4.69, 9.17) is 4.74 Å². The molecule has 1 amide bonds. The van der Waals surface area contributed by atoms with Crippen molar-refractivity contribution in [2.24, 2.45) is 0 Å². The van der Waals surface area contributed by atoms with Gasteiger partial charge in [-0.05, 0) is 32.8 Å². The predicted molar refractivity (Wildman–Crippen MR) is 74.0 cm³/mol. The Morgan fingerprint density at radius 2 is 1.89 bits per heavy atom. The van der Waals surface area contributed by atoms with E-state index < -0.39 is 11.7 Å². The zero-order valence-electron chi connectivity index (χ0n) is 11.8. The van der Waals surface area contributed by atoms with Crippen LogP contribution in [0.3, 0.4) is 0 Å². The minimum Gasteiger partial charge on any atom is -0.444 e. The van der Waals surface area contributed by atoms with E-state index in [1.165, 1.54) is 4.90 Å². The normalized spacial score (nSPS) is 10.9. The van der Waals surface area contributed by atoms with Gasteiger partial charge in [-0.2, -0.15) is 0 Å². The van der Waals surface area contributed by atoms with Gasteiger partial charge in [0, 0.05) is 6.54 Å². The van der Waals surface area contributed by atoms with Gasteiger partial charge in [0.1, 0.15) is 11.9 Å². The summed E-state index contributed by atoms with van der Waals surface area (Å²) in [5.74, 6) is 0. The highest BCUT2D eigenvalue weighted by Crippen LogP contribution is 2.10. The third-order valence-electron chi connectivity index (χ3n) is 2.46. The molecule has 0 bridgehead atoms. The van der Waals surface area contributed by atoms with Gasteiger partial charge in [-0.3, -0.25) is 0 Å². The van der Waals surface area contributed by atoms with Gasteiger partial charge in [-0.15, -0.1) is 0 Å². The van der Waals surface area contributed by atoms with Gasteiger partial charge in [0.05, 0.1) is 6.54 Å². The van der Waals surface area contributed by atoms with Gasteiger partial charge >= 0.3 is 6.09 Å². The highest BCUT2D eigenvalue weighted by atomic mass is 16.6. The number of aldehydes is 1. The van der Waals surface area contributed by atoms with E-state index in [9.17, 15) is 9.59 Å². The number of rotatable bonds is 5. The molecule has 0 N–H and O–H groups in total. The maximum absolute atomic E-state index is 11.9. The summed E-state index contributed by atoms with van der Waals surface area (Å²) >= 11 is 0. The fraction of sp³-hybridized carbons (Fsp3) is 0.467. The molecule has 0 fully saturated rings. The van der Waals surface area contributed by atoms with Crippen LogP contribution in [0.5, 0.6) is 0 Å². The van der Waals surface area contributed by atoms with Crippen molar-refractivity contribution in [1.29, 1.82) is 0 Å². The van der Waals surface area contributed by atoms with E-state index in [0.717, 1.165) is 11.8 Å². The van der Waals surface area contributed by atoms with E-state index in [2.05, 4.69) is 0 Å². The molecular weight excluding hydrogens is 242 g/mol. The third kappa shape index (κ3) is 6.04. The minimum atomic E-state index is -0.551. The fourth-order valence-electron chi connectivity index (χ4n) is 1.58. The minimum absolute atomic E-state index is 0.0573. The van der Waals surface area contributed by atoms with Crippen LogP contribution in [-0.2, 0) is 16.0 Å². The molecule has 0 spiro atoms. The summed E-state index contributed by atoms with van der Waals surface area (Å²) in [7, 11) is 0. The number of amides is 1. The Morgan fingerprint density at radius 3 is 2.42 bits per heavy atom. The van der Waals surface area contributed by atoms with E-state index >= 15 is 0 Å². The van der Waals surface area contributed by atoms with Crippen LogP contribution in [0.1, 0.15) is 26.3 Å². The molecule has 19 heavy (non-hydrogen) atoms. The SMILES string of the molecule is CC(C)(C)OC(=O)N(CC=O)CCc1ccccc1. The summed E-state index contributed by atoms with van der Waals surface area (Å²) in [5.41, 5.74) is 0.576.